The van der Waals surface area contributed by atoms with Gasteiger partial charge in [0.25, 0.3) is 0 Å². The average molecular weight is 242 g/mol. The summed E-state index contributed by atoms with van der Waals surface area (Å²) in [5.41, 5.74) is 1.84. The Morgan fingerprint density at radius 2 is 2.12 bits per heavy atom. The Hall–Kier alpha value is -0.730. The van der Waals surface area contributed by atoms with Gasteiger partial charge < -0.3 is 10.0 Å². The van der Waals surface area contributed by atoms with Crippen molar-refractivity contribution in [2.45, 2.75) is 26.9 Å². The molecule has 0 saturated carbocycles. The molecule has 16 heavy (non-hydrogen) atoms. The molecule has 0 fully saturated rings. The van der Waals surface area contributed by atoms with Crippen molar-refractivity contribution in [2.24, 2.45) is 5.92 Å². The van der Waals surface area contributed by atoms with Gasteiger partial charge in [0, 0.05) is 19.2 Å². The maximum atomic E-state index is 9.30. The van der Waals surface area contributed by atoms with Crippen LogP contribution < -0.4 is 4.90 Å². The Balaban J connectivity index is 2.93. The molecule has 0 spiro atoms. The Morgan fingerprint density at radius 1 is 1.44 bits per heavy atom. The molecule has 0 aliphatic rings. The minimum atomic E-state index is 0.0285. The lowest BCUT2D eigenvalue weighted by molar-refractivity contribution is 0.282. The third-order valence-electron chi connectivity index (χ3n) is 2.90. The van der Waals surface area contributed by atoms with Crippen molar-refractivity contribution < 1.29 is 5.11 Å². The summed E-state index contributed by atoms with van der Waals surface area (Å²) in [7, 11) is 2.02. The van der Waals surface area contributed by atoms with Gasteiger partial charge in [0.1, 0.15) is 0 Å². The van der Waals surface area contributed by atoms with E-state index >= 15 is 0 Å². The number of halogens is 1. The van der Waals surface area contributed by atoms with Crippen molar-refractivity contribution in [3.63, 3.8) is 0 Å². The normalized spacial score (nSPS) is 12.6. The first-order valence-electron chi connectivity index (χ1n) is 5.69. The van der Waals surface area contributed by atoms with Gasteiger partial charge in [-0.2, -0.15) is 0 Å². The van der Waals surface area contributed by atoms with Gasteiger partial charge in [-0.15, -0.1) is 0 Å². The maximum absolute atomic E-state index is 9.30. The molecule has 0 amide bonds. The molecular formula is C13H20ClNO. The number of nitrogens with zero attached hydrogens (tertiary/aromatic N) is 1. The topological polar surface area (TPSA) is 23.5 Å². The second-order valence-electron chi connectivity index (χ2n) is 4.30. The smallest absolute Gasteiger partial charge is 0.0702 e. The lowest BCUT2D eigenvalue weighted by atomic mass is 10.1. The van der Waals surface area contributed by atoms with Crippen LogP contribution in [0.5, 0.6) is 0 Å². The number of benzene rings is 1. The summed E-state index contributed by atoms with van der Waals surface area (Å²) in [6, 6.07) is 5.64. The first-order valence-corrected chi connectivity index (χ1v) is 6.07. The molecule has 0 heterocycles. The summed E-state index contributed by atoms with van der Waals surface area (Å²) in [6.45, 7) is 5.37. The Bertz CT molecular complexity index is 341. The predicted octanol–water partition coefficient (Wildman–Crippen LogP) is 3.31. The number of anilines is 1. The van der Waals surface area contributed by atoms with Crippen LogP contribution in [0.1, 0.15) is 25.8 Å². The van der Waals surface area contributed by atoms with Crippen molar-refractivity contribution in [1.82, 2.24) is 0 Å². The van der Waals surface area contributed by atoms with Crippen molar-refractivity contribution in [2.75, 3.05) is 18.5 Å². The first-order chi connectivity index (χ1) is 7.60. The lowest BCUT2D eigenvalue weighted by Gasteiger charge is -2.25. The number of hydrogen-bond donors (Lipinski definition) is 1. The van der Waals surface area contributed by atoms with Gasteiger partial charge in [-0.05, 0) is 12.0 Å². The minimum Gasteiger partial charge on any atom is -0.392 e. The molecule has 0 saturated heterocycles. The SMILES string of the molecule is CCC(C)CN(C)c1c(Cl)cccc1CO. The highest BCUT2D eigenvalue weighted by atomic mass is 35.5. The second-order valence-corrected chi connectivity index (χ2v) is 4.71. The van der Waals surface area contributed by atoms with E-state index in [2.05, 4.69) is 18.7 Å². The molecule has 1 rings (SSSR count). The first kappa shape index (κ1) is 13.3. The van der Waals surface area contributed by atoms with E-state index in [4.69, 9.17) is 11.6 Å². The van der Waals surface area contributed by atoms with E-state index in [1.165, 1.54) is 0 Å². The number of hydrogen-bond acceptors (Lipinski definition) is 2. The second kappa shape index (κ2) is 6.12. The van der Waals surface area contributed by atoms with Gasteiger partial charge in [0.05, 0.1) is 17.3 Å². The van der Waals surface area contributed by atoms with Crippen LogP contribution in [0, 0.1) is 5.92 Å². The molecular weight excluding hydrogens is 222 g/mol. The zero-order valence-corrected chi connectivity index (χ0v) is 11.0. The maximum Gasteiger partial charge on any atom is 0.0702 e. The summed E-state index contributed by atoms with van der Waals surface area (Å²) in [6.07, 6.45) is 1.14. The van der Waals surface area contributed by atoms with Crippen LogP contribution >= 0.6 is 11.6 Å². The standard InChI is InChI=1S/C13H20ClNO/c1-4-10(2)8-15(3)13-11(9-16)6-5-7-12(13)14/h5-7,10,16H,4,8-9H2,1-3H3. The Kier molecular flexibility index (Phi) is 5.10. The third-order valence-corrected chi connectivity index (χ3v) is 3.21. The zero-order valence-electron chi connectivity index (χ0n) is 10.2. The summed E-state index contributed by atoms with van der Waals surface area (Å²) >= 11 is 6.18. The van der Waals surface area contributed by atoms with Gasteiger partial charge in [0.15, 0.2) is 0 Å². The largest absolute Gasteiger partial charge is 0.392 e. The molecule has 1 aromatic carbocycles. The highest BCUT2D eigenvalue weighted by Gasteiger charge is 2.12. The Labute approximate surface area is 103 Å². The van der Waals surface area contributed by atoms with Gasteiger partial charge in [-0.1, -0.05) is 44.0 Å². The van der Waals surface area contributed by atoms with E-state index in [1.54, 1.807) is 0 Å². The van der Waals surface area contributed by atoms with Gasteiger partial charge in [-0.3, -0.25) is 0 Å². The summed E-state index contributed by atoms with van der Waals surface area (Å²) in [5.74, 6) is 0.618. The molecule has 1 unspecified atom stereocenters. The van der Waals surface area contributed by atoms with E-state index in [-0.39, 0.29) is 6.61 Å². The number of aliphatic hydroxyl groups excluding tert-OH is 1. The van der Waals surface area contributed by atoms with Gasteiger partial charge >= 0.3 is 0 Å². The molecule has 0 bridgehead atoms. The van der Waals surface area contributed by atoms with Gasteiger partial charge in [-0.25, -0.2) is 0 Å². The molecule has 0 radical (unpaired) electrons. The molecule has 90 valence electrons. The monoisotopic (exact) mass is 241 g/mol. The fourth-order valence-electron chi connectivity index (χ4n) is 1.80. The molecule has 2 nitrogen and oxygen atoms in total. The zero-order chi connectivity index (χ0) is 12.1. The van der Waals surface area contributed by atoms with Gasteiger partial charge in [0.2, 0.25) is 0 Å². The predicted molar refractivity (Wildman–Crippen MR) is 70.1 cm³/mol. The van der Waals surface area contributed by atoms with E-state index in [1.807, 2.05) is 25.2 Å². The van der Waals surface area contributed by atoms with E-state index in [0.717, 1.165) is 24.2 Å². The average Bonchev–Trinajstić information content (AvgIpc) is 2.28. The van der Waals surface area contributed by atoms with Crippen molar-refractivity contribution in [3.05, 3.63) is 28.8 Å². The van der Waals surface area contributed by atoms with E-state index in [9.17, 15) is 5.11 Å². The molecule has 0 aliphatic carbocycles. The van der Waals surface area contributed by atoms with Crippen LogP contribution in [0.25, 0.3) is 0 Å². The van der Waals surface area contributed by atoms with Crippen LogP contribution in [0.4, 0.5) is 5.69 Å². The highest BCUT2D eigenvalue weighted by Crippen LogP contribution is 2.29. The van der Waals surface area contributed by atoms with E-state index < -0.39 is 0 Å². The molecule has 1 atom stereocenters. The highest BCUT2D eigenvalue weighted by molar-refractivity contribution is 6.33. The van der Waals surface area contributed by atoms with Crippen LogP contribution in [0.15, 0.2) is 18.2 Å². The quantitative estimate of drug-likeness (QED) is 0.855. The molecule has 3 heteroatoms. The minimum absolute atomic E-state index is 0.0285. The summed E-state index contributed by atoms with van der Waals surface area (Å²) in [4.78, 5) is 2.13. The summed E-state index contributed by atoms with van der Waals surface area (Å²) in [5, 5.41) is 10.0. The van der Waals surface area contributed by atoms with Crippen molar-refractivity contribution in [3.8, 4) is 0 Å². The Morgan fingerprint density at radius 3 is 2.69 bits per heavy atom. The van der Waals surface area contributed by atoms with E-state index in [0.29, 0.717) is 10.9 Å². The number of aliphatic hydroxyl groups is 1. The third kappa shape index (κ3) is 3.13. The summed E-state index contributed by atoms with van der Waals surface area (Å²) < 4.78 is 0. The number of para-hydroxylation sites is 1. The molecule has 0 aliphatic heterocycles. The molecule has 1 N–H and O–H groups in total. The van der Waals surface area contributed by atoms with Crippen molar-refractivity contribution in [1.29, 1.82) is 0 Å². The van der Waals surface area contributed by atoms with Crippen LogP contribution in [-0.4, -0.2) is 18.7 Å². The fraction of sp³-hybridized carbons (Fsp3) is 0.538. The lowest BCUT2D eigenvalue weighted by Crippen LogP contribution is -2.25. The molecule has 0 aromatic heterocycles. The fourth-order valence-corrected chi connectivity index (χ4v) is 2.14. The number of rotatable bonds is 5. The van der Waals surface area contributed by atoms with Crippen LogP contribution in [-0.2, 0) is 6.61 Å². The molecule has 1 aromatic rings. The van der Waals surface area contributed by atoms with Crippen LogP contribution in [0.3, 0.4) is 0 Å². The van der Waals surface area contributed by atoms with Crippen LogP contribution in [0.2, 0.25) is 5.02 Å². The van der Waals surface area contributed by atoms with Crippen molar-refractivity contribution >= 4 is 17.3 Å².